The Hall–Kier alpha value is -1.99. The molecule has 0 saturated carbocycles. The van der Waals surface area contributed by atoms with Crippen LogP contribution in [0.1, 0.15) is 239 Å². The average molecular weight is 1200 g/mol. The fraction of sp³-hybridized carbons (Fsp3) is 0.892. The van der Waals surface area contributed by atoms with Crippen molar-refractivity contribution < 1.29 is 89.4 Å². The standard InChI is InChI=1S/C65H119NO18/c1-3-5-7-9-11-13-15-16-17-18-19-20-21-22-23-24-25-26-27-28-29-30-31-32-33-35-37-39-41-43-53(71)66-48(49(70)42-40-38-36-34-14-12-10-8-6-4-2)47-79-63-59(77)56(74)61(51(45-68)81-63)84-65-60(78)57(75)62(52(46-69)82-65)83-64-58(76)55(73)54(72)50(44-67)80-64/h15-16,18-19,40,42,48-52,54-65,67-70,72-78H,3-14,17,20-39,41,43-47H2,1-2H3,(H,66,71)/b16-15-,19-18-,42-40+. The van der Waals surface area contributed by atoms with Crippen molar-refractivity contribution >= 4 is 5.91 Å². The summed E-state index contributed by atoms with van der Waals surface area (Å²) >= 11 is 0. The lowest BCUT2D eigenvalue weighted by molar-refractivity contribution is -0.379. The van der Waals surface area contributed by atoms with E-state index in [2.05, 4.69) is 43.5 Å². The molecule has 3 heterocycles. The highest BCUT2D eigenvalue weighted by molar-refractivity contribution is 5.76. The van der Waals surface area contributed by atoms with E-state index >= 15 is 0 Å². The molecule has 0 bridgehead atoms. The molecule has 0 aromatic rings. The molecule has 19 nitrogen and oxygen atoms in total. The van der Waals surface area contributed by atoms with Crippen LogP contribution < -0.4 is 5.32 Å². The van der Waals surface area contributed by atoms with Gasteiger partial charge in [-0.25, -0.2) is 0 Å². The van der Waals surface area contributed by atoms with Crippen LogP contribution in [0.25, 0.3) is 0 Å². The summed E-state index contributed by atoms with van der Waals surface area (Å²) in [6.07, 6.45) is 27.2. The van der Waals surface area contributed by atoms with Crippen molar-refractivity contribution in [2.45, 2.75) is 343 Å². The molecular formula is C65H119NO18. The highest BCUT2D eigenvalue weighted by atomic mass is 16.8. The molecule has 3 rings (SSSR count). The number of aliphatic hydroxyl groups excluding tert-OH is 11. The lowest BCUT2D eigenvalue weighted by Gasteiger charge is -2.48. The second kappa shape index (κ2) is 47.9. The molecule has 3 fully saturated rings. The predicted molar refractivity (Wildman–Crippen MR) is 323 cm³/mol. The molecule has 17 unspecified atom stereocenters. The first-order valence-corrected chi connectivity index (χ1v) is 33.2. The van der Waals surface area contributed by atoms with Crippen molar-refractivity contribution in [3.63, 3.8) is 0 Å². The van der Waals surface area contributed by atoms with E-state index in [0.717, 1.165) is 51.4 Å². The largest absolute Gasteiger partial charge is 0.394 e. The Labute approximate surface area is 504 Å². The Kier molecular flexibility index (Phi) is 43.5. The van der Waals surface area contributed by atoms with Crippen LogP contribution >= 0.6 is 0 Å². The summed E-state index contributed by atoms with van der Waals surface area (Å²) in [6, 6.07) is -0.970. The number of ether oxygens (including phenoxy) is 6. The van der Waals surface area contributed by atoms with Gasteiger partial charge in [0.1, 0.15) is 73.2 Å². The molecule has 17 atom stereocenters. The summed E-state index contributed by atoms with van der Waals surface area (Å²) in [5.41, 5.74) is 0. The third kappa shape index (κ3) is 30.5. The van der Waals surface area contributed by atoms with Gasteiger partial charge in [0.05, 0.1) is 38.6 Å². The van der Waals surface area contributed by atoms with Gasteiger partial charge >= 0.3 is 0 Å². The normalized spacial score (nSPS) is 29.4. The number of carbonyl (C=O) groups is 1. The monoisotopic (exact) mass is 1200 g/mol. The number of unbranched alkanes of at least 4 members (excludes halogenated alkanes) is 30. The molecule has 3 aliphatic rings. The fourth-order valence-corrected chi connectivity index (χ4v) is 11.2. The van der Waals surface area contributed by atoms with Crippen LogP contribution in [-0.2, 0) is 33.2 Å². The number of hydrogen-bond donors (Lipinski definition) is 12. The smallest absolute Gasteiger partial charge is 0.220 e. The van der Waals surface area contributed by atoms with Gasteiger partial charge in [-0.3, -0.25) is 4.79 Å². The zero-order valence-electron chi connectivity index (χ0n) is 51.6. The number of amides is 1. The summed E-state index contributed by atoms with van der Waals surface area (Å²) in [5, 5.41) is 120. The Morgan fingerprint density at radius 2 is 0.786 bits per heavy atom. The maximum absolute atomic E-state index is 13.3. The highest BCUT2D eigenvalue weighted by Crippen LogP contribution is 2.33. The molecule has 0 radical (unpaired) electrons. The summed E-state index contributed by atoms with van der Waals surface area (Å²) < 4.78 is 34.2. The van der Waals surface area contributed by atoms with Crippen LogP contribution in [0.4, 0.5) is 0 Å². The Balaban J connectivity index is 1.37. The third-order valence-electron chi connectivity index (χ3n) is 16.7. The second-order valence-corrected chi connectivity index (χ2v) is 23.9. The number of allylic oxidation sites excluding steroid dienone is 5. The predicted octanol–water partition coefficient (Wildman–Crippen LogP) is 7.66. The van der Waals surface area contributed by atoms with E-state index in [0.29, 0.717) is 6.42 Å². The minimum absolute atomic E-state index is 0.245. The zero-order chi connectivity index (χ0) is 61.2. The van der Waals surface area contributed by atoms with Gasteiger partial charge in [0, 0.05) is 6.42 Å². The maximum Gasteiger partial charge on any atom is 0.220 e. The summed E-state index contributed by atoms with van der Waals surface area (Å²) in [6.45, 7) is 1.69. The van der Waals surface area contributed by atoms with Crippen molar-refractivity contribution in [1.82, 2.24) is 5.32 Å². The molecule has 3 aliphatic heterocycles. The summed E-state index contributed by atoms with van der Waals surface area (Å²) in [4.78, 5) is 13.3. The van der Waals surface area contributed by atoms with Gasteiger partial charge < -0.3 is 89.9 Å². The topological polar surface area (TPSA) is 307 Å². The number of rotatable bonds is 50. The van der Waals surface area contributed by atoms with Crippen LogP contribution in [0.2, 0.25) is 0 Å². The lowest BCUT2D eigenvalue weighted by Crippen LogP contribution is -2.66. The molecule has 3 saturated heterocycles. The zero-order valence-corrected chi connectivity index (χ0v) is 51.6. The van der Waals surface area contributed by atoms with Gasteiger partial charge in [-0.15, -0.1) is 0 Å². The first-order chi connectivity index (χ1) is 40.8. The van der Waals surface area contributed by atoms with E-state index in [1.165, 1.54) is 161 Å². The van der Waals surface area contributed by atoms with Crippen LogP contribution in [-0.4, -0.2) is 193 Å². The lowest BCUT2D eigenvalue weighted by atomic mass is 9.96. The van der Waals surface area contributed by atoms with Gasteiger partial charge in [0.15, 0.2) is 18.9 Å². The highest BCUT2D eigenvalue weighted by Gasteiger charge is 2.53. The second-order valence-electron chi connectivity index (χ2n) is 23.9. The van der Waals surface area contributed by atoms with E-state index < -0.39 is 124 Å². The van der Waals surface area contributed by atoms with Crippen molar-refractivity contribution in [3.8, 4) is 0 Å². The van der Waals surface area contributed by atoms with Crippen molar-refractivity contribution in [3.05, 3.63) is 36.5 Å². The van der Waals surface area contributed by atoms with Crippen LogP contribution in [0.15, 0.2) is 36.5 Å². The molecule has 0 aromatic heterocycles. The Morgan fingerprint density at radius 1 is 0.429 bits per heavy atom. The summed E-state index contributed by atoms with van der Waals surface area (Å²) in [7, 11) is 0. The average Bonchev–Trinajstić information content (AvgIpc) is 2.80. The maximum atomic E-state index is 13.3. The van der Waals surface area contributed by atoms with Crippen molar-refractivity contribution in [2.24, 2.45) is 0 Å². The van der Waals surface area contributed by atoms with Gasteiger partial charge in [-0.2, -0.15) is 0 Å². The molecule has 1 amide bonds. The van der Waals surface area contributed by atoms with Gasteiger partial charge in [0.25, 0.3) is 0 Å². The minimum atomic E-state index is -1.98. The van der Waals surface area contributed by atoms with E-state index in [4.69, 9.17) is 28.4 Å². The SMILES string of the molecule is CCCCCCC/C=C\C/C=C\CCCCCCCCCCCCCCCCCCCC(=O)NC(COC1OC(CO)C(OC2OC(CO)C(OC3OC(CO)C(O)C(O)C3O)C(O)C2O)C(O)C1O)C(O)/C=C/CCCCCCCCCC. The molecule has 0 spiro atoms. The van der Waals surface area contributed by atoms with Crippen LogP contribution in [0.3, 0.4) is 0 Å². The van der Waals surface area contributed by atoms with Gasteiger partial charge in [0.2, 0.25) is 5.91 Å². The molecule has 0 aromatic carbocycles. The van der Waals surface area contributed by atoms with E-state index in [9.17, 15) is 61.0 Å². The van der Waals surface area contributed by atoms with E-state index in [1.807, 2.05) is 6.08 Å². The fourth-order valence-electron chi connectivity index (χ4n) is 11.2. The molecule has 19 heteroatoms. The van der Waals surface area contributed by atoms with E-state index in [1.54, 1.807) is 6.08 Å². The molecule has 492 valence electrons. The summed E-state index contributed by atoms with van der Waals surface area (Å²) in [5.74, 6) is -0.276. The first kappa shape index (κ1) is 76.3. The first-order valence-electron chi connectivity index (χ1n) is 33.2. The van der Waals surface area contributed by atoms with Crippen LogP contribution in [0.5, 0.6) is 0 Å². The van der Waals surface area contributed by atoms with E-state index in [-0.39, 0.29) is 18.9 Å². The van der Waals surface area contributed by atoms with Gasteiger partial charge in [-0.1, -0.05) is 217 Å². The van der Waals surface area contributed by atoms with Gasteiger partial charge in [-0.05, 0) is 51.4 Å². The van der Waals surface area contributed by atoms with Crippen LogP contribution in [0, 0.1) is 0 Å². The number of hydrogen-bond acceptors (Lipinski definition) is 18. The molecule has 84 heavy (non-hydrogen) atoms. The number of nitrogens with one attached hydrogen (secondary N) is 1. The molecule has 0 aliphatic carbocycles. The Bertz CT molecular complexity index is 1670. The minimum Gasteiger partial charge on any atom is -0.394 e. The molecule has 12 N–H and O–H groups in total. The Morgan fingerprint density at radius 3 is 1.21 bits per heavy atom. The third-order valence-corrected chi connectivity index (χ3v) is 16.7. The van der Waals surface area contributed by atoms with Crippen molar-refractivity contribution in [1.29, 1.82) is 0 Å². The quantitative estimate of drug-likeness (QED) is 0.0205. The number of aliphatic hydroxyl groups is 11. The van der Waals surface area contributed by atoms with Crippen molar-refractivity contribution in [2.75, 3.05) is 26.4 Å². The number of carbonyl (C=O) groups excluding carboxylic acids is 1. The molecular weight excluding hydrogens is 1080 g/mol.